The molecule has 0 unspecified atom stereocenters. The Hall–Kier alpha value is -0.470. The summed E-state index contributed by atoms with van der Waals surface area (Å²) in [5.41, 5.74) is 5.86. The van der Waals surface area contributed by atoms with E-state index in [0.29, 0.717) is 11.1 Å². The highest BCUT2D eigenvalue weighted by atomic mass is 35.5. The van der Waals surface area contributed by atoms with Crippen LogP contribution in [0, 0.1) is 5.92 Å². The van der Waals surface area contributed by atoms with Gasteiger partial charge in [0.25, 0.3) is 0 Å². The molecule has 0 aliphatic rings. The predicted molar refractivity (Wildman–Crippen MR) is 50.1 cm³/mol. The fraction of sp³-hybridized carbons (Fsp3) is 0.556. The zero-order chi connectivity index (χ0) is 9.14. The molecule has 0 aliphatic carbocycles. The highest BCUT2D eigenvalue weighted by molar-refractivity contribution is 6.28. The van der Waals surface area contributed by atoms with E-state index in [1.54, 1.807) is 6.07 Å². The molecule has 0 aliphatic heterocycles. The van der Waals surface area contributed by atoms with Crippen molar-refractivity contribution >= 4 is 11.6 Å². The molecule has 1 aromatic rings. The van der Waals surface area contributed by atoms with Gasteiger partial charge < -0.3 is 10.2 Å². The average molecular weight is 188 g/mol. The Bertz CT molecular complexity index is 244. The molecule has 2 N–H and O–H groups in total. The first kappa shape index (κ1) is 9.62. The maximum absolute atomic E-state index is 5.86. The van der Waals surface area contributed by atoms with Crippen LogP contribution >= 0.6 is 11.6 Å². The van der Waals surface area contributed by atoms with Crippen LogP contribution in [0.25, 0.3) is 0 Å². The van der Waals surface area contributed by atoms with Crippen molar-refractivity contribution in [2.75, 3.05) is 0 Å². The number of hydrogen-bond donors (Lipinski definition) is 1. The Morgan fingerprint density at radius 1 is 1.50 bits per heavy atom. The molecule has 12 heavy (non-hydrogen) atoms. The van der Waals surface area contributed by atoms with Gasteiger partial charge in [0.05, 0.1) is 6.04 Å². The molecular formula is C9H14ClNO. The summed E-state index contributed by atoms with van der Waals surface area (Å²) in [6.45, 7) is 4.26. The fourth-order valence-electron chi connectivity index (χ4n) is 1.15. The third-order valence-corrected chi connectivity index (χ3v) is 1.89. The number of rotatable bonds is 3. The SMILES string of the molecule is CC(C)C[C@H](N)c1ccc(Cl)o1. The summed E-state index contributed by atoms with van der Waals surface area (Å²) in [5.74, 6) is 1.34. The Morgan fingerprint density at radius 2 is 2.17 bits per heavy atom. The standard InChI is InChI=1S/C9H14ClNO/c1-6(2)5-7(11)8-3-4-9(10)12-8/h3-4,6-7H,5,11H2,1-2H3/t7-/m0/s1. The first-order chi connectivity index (χ1) is 5.59. The molecule has 0 saturated heterocycles. The number of halogens is 1. The van der Waals surface area contributed by atoms with Crippen LogP contribution in [0.3, 0.4) is 0 Å². The van der Waals surface area contributed by atoms with Crippen LogP contribution in [-0.4, -0.2) is 0 Å². The summed E-state index contributed by atoms with van der Waals surface area (Å²) in [7, 11) is 0. The van der Waals surface area contributed by atoms with E-state index in [2.05, 4.69) is 13.8 Å². The largest absolute Gasteiger partial charge is 0.448 e. The molecule has 3 heteroatoms. The van der Waals surface area contributed by atoms with Crippen molar-refractivity contribution in [1.29, 1.82) is 0 Å². The second kappa shape index (κ2) is 3.97. The molecule has 0 fully saturated rings. The minimum atomic E-state index is -0.0301. The lowest BCUT2D eigenvalue weighted by Gasteiger charge is -2.10. The van der Waals surface area contributed by atoms with Gasteiger partial charge in [0, 0.05) is 0 Å². The Morgan fingerprint density at radius 3 is 2.58 bits per heavy atom. The normalized spacial score (nSPS) is 13.8. The quantitative estimate of drug-likeness (QED) is 0.790. The zero-order valence-electron chi connectivity index (χ0n) is 7.38. The lowest BCUT2D eigenvalue weighted by atomic mass is 10.0. The molecule has 0 amide bonds. The molecule has 1 heterocycles. The molecule has 0 spiro atoms. The Kier molecular flexibility index (Phi) is 3.18. The molecule has 68 valence electrons. The van der Waals surface area contributed by atoms with E-state index in [-0.39, 0.29) is 6.04 Å². The van der Waals surface area contributed by atoms with Crippen LogP contribution in [0.5, 0.6) is 0 Å². The van der Waals surface area contributed by atoms with E-state index < -0.39 is 0 Å². The van der Waals surface area contributed by atoms with Crippen molar-refractivity contribution in [2.45, 2.75) is 26.3 Å². The van der Waals surface area contributed by atoms with Gasteiger partial charge >= 0.3 is 0 Å². The molecule has 0 bridgehead atoms. The van der Waals surface area contributed by atoms with Gasteiger partial charge in [-0.2, -0.15) is 0 Å². The first-order valence-electron chi connectivity index (χ1n) is 4.10. The minimum Gasteiger partial charge on any atom is -0.448 e. The van der Waals surface area contributed by atoms with Crippen LogP contribution in [0.15, 0.2) is 16.5 Å². The highest BCUT2D eigenvalue weighted by Crippen LogP contribution is 2.22. The van der Waals surface area contributed by atoms with Gasteiger partial charge in [-0.1, -0.05) is 13.8 Å². The van der Waals surface area contributed by atoms with Crippen molar-refractivity contribution in [3.63, 3.8) is 0 Å². The van der Waals surface area contributed by atoms with Crippen LogP contribution in [-0.2, 0) is 0 Å². The van der Waals surface area contributed by atoms with Gasteiger partial charge in [0.2, 0.25) is 0 Å². The van der Waals surface area contributed by atoms with Crippen LogP contribution in [0.4, 0.5) is 0 Å². The second-order valence-corrected chi connectivity index (χ2v) is 3.75. The van der Waals surface area contributed by atoms with Crippen molar-refractivity contribution in [1.82, 2.24) is 0 Å². The van der Waals surface area contributed by atoms with Gasteiger partial charge in [-0.15, -0.1) is 0 Å². The monoisotopic (exact) mass is 187 g/mol. The van der Waals surface area contributed by atoms with E-state index in [9.17, 15) is 0 Å². The van der Waals surface area contributed by atoms with Crippen LogP contribution < -0.4 is 5.73 Å². The summed E-state index contributed by atoms with van der Waals surface area (Å²) in [6, 6.07) is 3.52. The minimum absolute atomic E-state index is 0.0301. The molecule has 1 aromatic heterocycles. The van der Waals surface area contributed by atoms with E-state index in [1.807, 2.05) is 6.07 Å². The Balaban J connectivity index is 2.58. The molecular weight excluding hydrogens is 174 g/mol. The van der Waals surface area contributed by atoms with Gasteiger partial charge in [-0.3, -0.25) is 0 Å². The van der Waals surface area contributed by atoms with Crippen molar-refractivity contribution in [3.8, 4) is 0 Å². The molecule has 0 aromatic carbocycles. The topological polar surface area (TPSA) is 39.2 Å². The lowest BCUT2D eigenvalue weighted by molar-refractivity contribution is 0.417. The summed E-state index contributed by atoms with van der Waals surface area (Å²) >= 11 is 5.62. The molecule has 0 radical (unpaired) electrons. The Labute approximate surface area is 77.7 Å². The molecule has 2 nitrogen and oxygen atoms in total. The third kappa shape index (κ3) is 2.54. The van der Waals surface area contributed by atoms with E-state index in [4.69, 9.17) is 21.8 Å². The number of nitrogens with two attached hydrogens (primary N) is 1. The van der Waals surface area contributed by atoms with Crippen molar-refractivity contribution in [2.24, 2.45) is 11.7 Å². The van der Waals surface area contributed by atoms with Gasteiger partial charge in [0.15, 0.2) is 5.22 Å². The lowest BCUT2D eigenvalue weighted by Crippen LogP contribution is -2.11. The highest BCUT2D eigenvalue weighted by Gasteiger charge is 2.11. The number of hydrogen-bond acceptors (Lipinski definition) is 2. The summed E-state index contributed by atoms with van der Waals surface area (Å²) < 4.78 is 5.19. The van der Waals surface area contributed by atoms with Gasteiger partial charge in [-0.05, 0) is 36.1 Å². The summed E-state index contributed by atoms with van der Waals surface area (Å²) in [5, 5.41) is 0.407. The fourth-order valence-corrected chi connectivity index (χ4v) is 1.30. The maximum atomic E-state index is 5.86. The zero-order valence-corrected chi connectivity index (χ0v) is 8.14. The smallest absolute Gasteiger partial charge is 0.193 e. The predicted octanol–water partition coefficient (Wildman–Crippen LogP) is 2.98. The van der Waals surface area contributed by atoms with Crippen LogP contribution in [0.1, 0.15) is 32.1 Å². The van der Waals surface area contributed by atoms with Gasteiger partial charge in [0.1, 0.15) is 5.76 Å². The van der Waals surface area contributed by atoms with E-state index in [1.165, 1.54) is 0 Å². The van der Waals surface area contributed by atoms with Crippen LogP contribution in [0.2, 0.25) is 5.22 Å². The van der Waals surface area contributed by atoms with Crippen molar-refractivity contribution in [3.05, 3.63) is 23.1 Å². The molecule has 0 saturated carbocycles. The van der Waals surface area contributed by atoms with E-state index >= 15 is 0 Å². The molecule has 1 atom stereocenters. The average Bonchev–Trinajstić information content (AvgIpc) is 2.34. The van der Waals surface area contributed by atoms with E-state index in [0.717, 1.165) is 12.2 Å². The molecule has 1 rings (SSSR count). The maximum Gasteiger partial charge on any atom is 0.193 e. The van der Waals surface area contributed by atoms with Crippen molar-refractivity contribution < 1.29 is 4.42 Å². The van der Waals surface area contributed by atoms with Gasteiger partial charge in [-0.25, -0.2) is 0 Å². The summed E-state index contributed by atoms with van der Waals surface area (Å²) in [6.07, 6.45) is 0.920. The second-order valence-electron chi connectivity index (χ2n) is 3.38. The summed E-state index contributed by atoms with van der Waals surface area (Å²) in [4.78, 5) is 0. The third-order valence-electron chi connectivity index (χ3n) is 1.68. The number of furan rings is 1. The first-order valence-corrected chi connectivity index (χ1v) is 4.48.